The van der Waals surface area contributed by atoms with Crippen molar-refractivity contribution in [2.75, 3.05) is 17.6 Å². The predicted molar refractivity (Wildman–Crippen MR) is 159 cm³/mol. The molecule has 0 radical (unpaired) electrons. The van der Waals surface area contributed by atoms with E-state index in [4.69, 9.17) is 4.98 Å². The summed E-state index contributed by atoms with van der Waals surface area (Å²) in [5, 5.41) is 6.91. The van der Waals surface area contributed by atoms with Crippen LogP contribution in [0.3, 0.4) is 0 Å². The van der Waals surface area contributed by atoms with E-state index >= 15 is 0 Å². The highest BCUT2D eigenvalue weighted by atomic mass is 32.2. The summed E-state index contributed by atoms with van der Waals surface area (Å²) in [6, 6.07) is 22.2. The molecule has 0 aliphatic rings. The topological polar surface area (TPSA) is 93.1 Å². The molecule has 0 fully saturated rings. The second-order valence-electron chi connectivity index (χ2n) is 9.79. The first-order valence-corrected chi connectivity index (χ1v) is 14.2. The Morgan fingerprint density at radius 2 is 1.69 bits per heavy atom. The van der Waals surface area contributed by atoms with Crippen molar-refractivity contribution in [1.29, 1.82) is 0 Å². The third-order valence-electron chi connectivity index (χ3n) is 6.40. The maximum absolute atomic E-state index is 13.5. The number of hydrogen-bond acceptors (Lipinski definition) is 5. The Morgan fingerprint density at radius 1 is 0.974 bits per heavy atom. The Balaban J connectivity index is 1.53. The number of anilines is 1. The van der Waals surface area contributed by atoms with Gasteiger partial charge in [-0.3, -0.25) is 19.0 Å². The van der Waals surface area contributed by atoms with Crippen molar-refractivity contribution in [3.63, 3.8) is 0 Å². The van der Waals surface area contributed by atoms with Crippen molar-refractivity contribution in [1.82, 2.24) is 14.9 Å². The Kier molecular flexibility index (Phi) is 9.54. The molecule has 39 heavy (non-hydrogen) atoms. The molecule has 0 saturated carbocycles. The minimum absolute atomic E-state index is 0.109. The summed E-state index contributed by atoms with van der Waals surface area (Å²) in [6.07, 6.45) is 1.74. The number of rotatable bonds is 11. The molecule has 2 amide bonds. The van der Waals surface area contributed by atoms with Crippen LogP contribution in [-0.4, -0.2) is 33.7 Å². The first-order chi connectivity index (χ1) is 18.9. The maximum atomic E-state index is 13.5. The van der Waals surface area contributed by atoms with Crippen molar-refractivity contribution in [3.8, 4) is 0 Å². The second-order valence-corrected chi connectivity index (χ2v) is 10.7. The molecule has 0 unspecified atom stereocenters. The summed E-state index contributed by atoms with van der Waals surface area (Å²) in [5.41, 5.74) is 3.71. The molecule has 4 rings (SSSR count). The number of carbonyl (C=O) groups excluding carboxylic acids is 2. The van der Waals surface area contributed by atoms with Gasteiger partial charge in [0.15, 0.2) is 5.16 Å². The number of nitrogens with one attached hydrogen (secondary N) is 2. The monoisotopic (exact) mass is 542 g/mol. The molecule has 4 aromatic rings. The van der Waals surface area contributed by atoms with Crippen LogP contribution < -0.4 is 16.2 Å². The minimum Gasteiger partial charge on any atom is -0.352 e. The largest absolute Gasteiger partial charge is 0.352 e. The van der Waals surface area contributed by atoms with Crippen LogP contribution in [0.5, 0.6) is 0 Å². The molecule has 3 aromatic carbocycles. The predicted octanol–water partition coefficient (Wildman–Crippen LogP) is 5.51. The second kappa shape index (κ2) is 13.2. The number of thioether (sulfide) groups is 1. The molecule has 0 spiro atoms. The lowest BCUT2D eigenvalue weighted by molar-refractivity contribution is -0.113. The van der Waals surface area contributed by atoms with Crippen LogP contribution >= 0.6 is 11.8 Å². The zero-order valence-corrected chi connectivity index (χ0v) is 23.4. The lowest BCUT2D eigenvalue weighted by atomic mass is 10.1. The van der Waals surface area contributed by atoms with Crippen LogP contribution in [0.15, 0.2) is 82.7 Å². The number of fused-ring (bicyclic) bond motifs is 1. The zero-order valence-electron chi connectivity index (χ0n) is 22.6. The zero-order chi connectivity index (χ0) is 27.8. The Labute approximate surface area is 233 Å². The van der Waals surface area contributed by atoms with Gasteiger partial charge in [0, 0.05) is 17.8 Å². The number of aryl methyl sites for hydroxylation is 1. The first kappa shape index (κ1) is 28.1. The van der Waals surface area contributed by atoms with E-state index in [1.165, 1.54) is 11.8 Å². The summed E-state index contributed by atoms with van der Waals surface area (Å²) in [7, 11) is 0. The molecular weight excluding hydrogens is 508 g/mol. The maximum Gasteiger partial charge on any atom is 0.262 e. The lowest BCUT2D eigenvalue weighted by Gasteiger charge is -2.14. The summed E-state index contributed by atoms with van der Waals surface area (Å²) in [6.45, 7) is 7.19. The van der Waals surface area contributed by atoms with E-state index in [9.17, 15) is 14.4 Å². The fourth-order valence-electron chi connectivity index (χ4n) is 4.18. The molecule has 1 aromatic heterocycles. The van der Waals surface area contributed by atoms with Gasteiger partial charge in [-0.05, 0) is 60.2 Å². The summed E-state index contributed by atoms with van der Waals surface area (Å²) in [5.74, 6) is 0.353. The van der Waals surface area contributed by atoms with E-state index in [0.29, 0.717) is 34.1 Å². The number of aromatic nitrogens is 2. The molecule has 0 bridgehead atoms. The molecule has 0 saturated heterocycles. The number of para-hydroxylation sites is 2. The molecule has 202 valence electrons. The van der Waals surface area contributed by atoms with E-state index < -0.39 is 0 Å². The van der Waals surface area contributed by atoms with Gasteiger partial charge < -0.3 is 10.6 Å². The number of nitrogens with zero attached hydrogens (tertiary/aromatic N) is 2. The van der Waals surface area contributed by atoms with E-state index in [1.54, 1.807) is 28.8 Å². The first-order valence-electron chi connectivity index (χ1n) is 13.2. The molecule has 0 atom stereocenters. The SMILES string of the molecule is CCc1ccccc1NC(=O)CSc1nc2ccccc2c(=O)n1Cc1ccc(C(=O)NCCC(C)C)cc1. The van der Waals surface area contributed by atoms with Gasteiger partial charge >= 0.3 is 0 Å². The fraction of sp³-hybridized carbons (Fsp3) is 0.290. The van der Waals surface area contributed by atoms with Gasteiger partial charge in [-0.2, -0.15) is 0 Å². The third kappa shape index (κ3) is 7.35. The average molecular weight is 543 g/mol. The minimum atomic E-state index is -0.171. The molecule has 0 aliphatic carbocycles. The van der Waals surface area contributed by atoms with Crippen molar-refractivity contribution in [2.45, 2.75) is 45.3 Å². The van der Waals surface area contributed by atoms with Crippen LogP contribution in [-0.2, 0) is 17.8 Å². The molecular formula is C31H34N4O3S. The quantitative estimate of drug-likeness (QED) is 0.192. The number of hydrogen-bond donors (Lipinski definition) is 2. The van der Waals surface area contributed by atoms with Crippen LogP contribution in [0.2, 0.25) is 0 Å². The fourth-order valence-corrected chi connectivity index (χ4v) is 4.98. The number of carbonyl (C=O) groups is 2. The van der Waals surface area contributed by atoms with Crippen molar-refractivity contribution in [3.05, 3.63) is 99.8 Å². The van der Waals surface area contributed by atoms with Crippen LogP contribution in [0, 0.1) is 5.92 Å². The van der Waals surface area contributed by atoms with Crippen LogP contribution in [0.4, 0.5) is 5.69 Å². The smallest absolute Gasteiger partial charge is 0.262 e. The molecule has 8 heteroatoms. The third-order valence-corrected chi connectivity index (χ3v) is 7.37. The normalized spacial score (nSPS) is 11.1. The highest BCUT2D eigenvalue weighted by Crippen LogP contribution is 2.21. The highest BCUT2D eigenvalue weighted by molar-refractivity contribution is 7.99. The van der Waals surface area contributed by atoms with Gasteiger partial charge in [-0.25, -0.2) is 4.98 Å². The molecule has 2 N–H and O–H groups in total. The van der Waals surface area contributed by atoms with E-state index in [1.807, 2.05) is 55.5 Å². The lowest BCUT2D eigenvalue weighted by Crippen LogP contribution is -2.26. The summed E-state index contributed by atoms with van der Waals surface area (Å²) >= 11 is 1.23. The van der Waals surface area contributed by atoms with E-state index in [2.05, 4.69) is 24.5 Å². The van der Waals surface area contributed by atoms with Gasteiger partial charge in [-0.15, -0.1) is 0 Å². The van der Waals surface area contributed by atoms with Gasteiger partial charge in [0.05, 0.1) is 23.2 Å². The van der Waals surface area contributed by atoms with Gasteiger partial charge in [0.2, 0.25) is 5.91 Å². The van der Waals surface area contributed by atoms with Crippen LogP contribution in [0.25, 0.3) is 10.9 Å². The van der Waals surface area contributed by atoms with Gasteiger partial charge in [0.25, 0.3) is 11.5 Å². The molecule has 1 heterocycles. The van der Waals surface area contributed by atoms with Crippen molar-refractivity contribution < 1.29 is 9.59 Å². The van der Waals surface area contributed by atoms with E-state index in [0.717, 1.165) is 29.7 Å². The van der Waals surface area contributed by atoms with Crippen molar-refractivity contribution in [2.24, 2.45) is 5.92 Å². The Hall–Kier alpha value is -3.91. The number of benzene rings is 3. The van der Waals surface area contributed by atoms with Gasteiger partial charge in [-0.1, -0.05) is 75.0 Å². The summed E-state index contributed by atoms with van der Waals surface area (Å²) < 4.78 is 1.60. The molecule has 7 nitrogen and oxygen atoms in total. The average Bonchev–Trinajstić information content (AvgIpc) is 2.94. The highest BCUT2D eigenvalue weighted by Gasteiger charge is 2.15. The molecule has 0 aliphatic heterocycles. The Bertz CT molecular complexity index is 1510. The standard InChI is InChI=1S/C31H34N4O3S/c1-4-23-9-5-7-11-26(23)33-28(36)20-39-31-34-27-12-8-6-10-25(27)30(38)35(31)19-22-13-15-24(16-14-22)29(37)32-18-17-21(2)3/h5-16,21H,4,17-20H2,1-3H3,(H,32,37)(H,33,36). The summed E-state index contributed by atoms with van der Waals surface area (Å²) in [4.78, 5) is 43.4. The Morgan fingerprint density at radius 3 is 2.44 bits per heavy atom. The van der Waals surface area contributed by atoms with Gasteiger partial charge in [0.1, 0.15) is 0 Å². The van der Waals surface area contributed by atoms with Crippen LogP contribution in [0.1, 0.15) is 48.7 Å². The number of amides is 2. The van der Waals surface area contributed by atoms with E-state index in [-0.39, 0.29) is 29.7 Å². The van der Waals surface area contributed by atoms with Crippen molar-refractivity contribution >= 4 is 40.2 Å².